The molecule has 0 aromatic heterocycles. The van der Waals surface area contributed by atoms with Crippen LogP contribution >= 0.6 is 0 Å². The Kier molecular flexibility index (Phi) is 10.2. The molecule has 0 spiro atoms. The average Bonchev–Trinajstić information content (AvgIpc) is 2.77. The number of methoxy groups -OCH3 is 1. The molecule has 244 valence electrons. The van der Waals surface area contributed by atoms with Gasteiger partial charge in [0.2, 0.25) is 0 Å². The molecule has 0 rings (SSSR count). The van der Waals surface area contributed by atoms with E-state index < -0.39 is 90.7 Å². The van der Waals surface area contributed by atoms with Gasteiger partial charge in [-0.15, -0.1) is 0 Å². The molecule has 0 aromatic rings. The third-order valence-corrected chi connectivity index (χ3v) is 4.83. The summed E-state index contributed by atoms with van der Waals surface area (Å²) < 4.78 is 287. The standard InChI is InChI=1S/C17H11F21O3/c1-6(5-40-2)7(39)41-4-3-8(18,19)9(20,21)10(22,23)11(24,25)12(26,27)13(28,29)14(30,31)15(32,33)16(34,35)17(36,37)38/h1,3-5H2,2H3. The Morgan fingerprint density at radius 1 is 0.537 bits per heavy atom. The predicted molar refractivity (Wildman–Crippen MR) is 87.2 cm³/mol. The summed E-state index contributed by atoms with van der Waals surface area (Å²) in [6.45, 7) is -0.0613. The van der Waals surface area contributed by atoms with E-state index in [1.807, 2.05) is 0 Å². The summed E-state index contributed by atoms with van der Waals surface area (Å²) in [5, 5.41) is 0. The van der Waals surface area contributed by atoms with Crippen LogP contribution in [-0.4, -0.2) is 85.8 Å². The van der Waals surface area contributed by atoms with E-state index in [2.05, 4.69) is 16.1 Å². The van der Waals surface area contributed by atoms with Gasteiger partial charge in [-0.25, -0.2) is 4.79 Å². The lowest BCUT2D eigenvalue weighted by molar-refractivity contribution is -0.474. The average molecular weight is 662 g/mol. The molecule has 0 atom stereocenters. The van der Waals surface area contributed by atoms with Crippen LogP contribution in [0.3, 0.4) is 0 Å². The smallest absolute Gasteiger partial charge is 0.460 e. The number of hydrogen-bond acceptors (Lipinski definition) is 3. The van der Waals surface area contributed by atoms with Gasteiger partial charge < -0.3 is 9.47 Å². The molecule has 0 aliphatic carbocycles. The maximum atomic E-state index is 13.7. The molecule has 0 heterocycles. The van der Waals surface area contributed by atoms with E-state index in [1.165, 1.54) is 0 Å². The fourth-order valence-corrected chi connectivity index (χ4v) is 2.35. The van der Waals surface area contributed by atoms with Crippen LogP contribution in [0.1, 0.15) is 6.42 Å². The summed E-state index contributed by atoms with van der Waals surface area (Å²) in [5.74, 6) is -79.4. The van der Waals surface area contributed by atoms with Crippen LogP contribution in [0.2, 0.25) is 0 Å². The van der Waals surface area contributed by atoms with E-state index in [-0.39, 0.29) is 0 Å². The number of ether oxygens (including phenoxy) is 2. The maximum Gasteiger partial charge on any atom is 0.460 e. The van der Waals surface area contributed by atoms with Gasteiger partial charge in [0.1, 0.15) is 0 Å². The largest absolute Gasteiger partial charge is 0.462 e. The monoisotopic (exact) mass is 662 g/mol. The van der Waals surface area contributed by atoms with Crippen molar-refractivity contribution < 1.29 is 106 Å². The van der Waals surface area contributed by atoms with Crippen LogP contribution in [0.5, 0.6) is 0 Å². The normalized spacial score (nSPS) is 15.7. The number of carbonyl (C=O) groups excluding carboxylic acids is 1. The summed E-state index contributed by atoms with van der Waals surface area (Å²) in [6.07, 6.45) is -11.1. The van der Waals surface area contributed by atoms with Crippen LogP contribution in [0.4, 0.5) is 92.2 Å². The second kappa shape index (κ2) is 10.8. The Bertz CT molecular complexity index is 965. The molecule has 3 nitrogen and oxygen atoms in total. The molecule has 24 heteroatoms. The third-order valence-electron chi connectivity index (χ3n) is 4.83. The molecule has 0 saturated carbocycles. The fraction of sp³-hybridized carbons (Fsp3) is 0.824. The fourth-order valence-electron chi connectivity index (χ4n) is 2.35. The van der Waals surface area contributed by atoms with Crippen molar-refractivity contribution in [2.75, 3.05) is 20.3 Å². The number of esters is 1. The minimum Gasteiger partial charge on any atom is -0.462 e. The minimum atomic E-state index is -9.23. The summed E-state index contributed by atoms with van der Waals surface area (Å²) in [7, 11) is 0.896. The second-order valence-electron chi connectivity index (χ2n) is 7.72. The first-order valence-corrected chi connectivity index (χ1v) is 9.42. The molecule has 0 saturated heterocycles. The lowest BCUT2D eigenvalue weighted by Crippen LogP contribution is -2.76. The van der Waals surface area contributed by atoms with Gasteiger partial charge in [-0.1, -0.05) is 6.58 Å². The predicted octanol–water partition coefficient (Wildman–Crippen LogP) is 7.40. The van der Waals surface area contributed by atoms with E-state index in [0.29, 0.717) is 0 Å². The molecule has 0 N–H and O–H groups in total. The Morgan fingerprint density at radius 2 is 0.829 bits per heavy atom. The quantitative estimate of drug-likeness (QED) is 0.111. The zero-order chi connectivity index (χ0) is 33.7. The van der Waals surface area contributed by atoms with Crippen LogP contribution < -0.4 is 0 Å². The van der Waals surface area contributed by atoms with Gasteiger partial charge in [0.25, 0.3) is 0 Å². The van der Waals surface area contributed by atoms with E-state index in [9.17, 15) is 97.0 Å². The van der Waals surface area contributed by atoms with E-state index >= 15 is 0 Å². The first-order chi connectivity index (χ1) is 17.6. The lowest BCUT2D eigenvalue weighted by atomic mass is 9.86. The van der Waals surface area contributed by atoms with Crippen molar-refractivity contribution in [1.82, 2.24) is 0 Å². The molecule has 41 heavy (non-hydrogen) atoms. The molecule has 0 aliphatic heterocycles. The topological polar surface area (TPSA) is 35.5 Å². The first kappa shape index (κ1) is 38.7. The highest BCUT2D eigenvalue weighted by Crippen LogP contribution is 2.66. The van der Waals surface area contributed by atoms with Crippen LogP contribution in [0.15, 0.2) is 12.2 Å². The highest BCUT2D eigenvalue weighted by molar-refractivity contribution is 5.87. The van der Waals surface area contributed by atoms with Gasteiger partial charge >= 0.3 is 65.4 Å². The molecule has 0 fully saturated rings. The van der Waals surface area contributed by atoms with Crippen LogP contribution in [-0.2, 0) is 14.3 Å². The number of rotatable bonds is 14. The van der Waals surface area contributed by atoms with Crippen LogP contribution in [0.25, 0.3) is 0 Å². The van der Waals surface area contributed by atoms with Crippen molar-refractivity contribution >= 4 is 5.97 Å². The molecule has 0 bridgehead atoms. The maximum absolute atomic E-state index is 13.7. The van der Waals surface area contributed by atoms with Crippen molar-refractivity contribution in [3.63, 3.8) is 0 Å². The van der Waals surface area contributed by atoms with E-state index in [4.69, 9.17) is 0 Å². The highest BCUT2D eigenvalue weighted by Gasteiger charge is 2.97. The molecular formula is C17H11F21O3. The number of carbonyl (C=O) groups is 1. The Labute approximate surface area is 212 Å². The van der Waals surface area contributed by atoms with E-state index in [0.717, 1.165) is 7.11 Å². The summed E-state index contributed by atoms with van der Waals surface area (Å²) in [5.41, 5.74) is -0.782. The van der Waals surface area contributed by atoms with Crippen molar-refractivity contribution in [2.45, 2.75) is 65.9 Å². The lowest BCUT2D eigenvalue weighted by Gasteiger charge is -2.44. The Balaban J connectivity index is 6.65. The summed E-state index contributed by atoms with van der Waals surface area (Å²) in [6, 6.07) is 0. The minimum absolute atomic E-state index is 0.739. The molecule has 0 radical (unpaired) electrons. The Hall–Kier alpha value is -2.30. The van der Waals surface area contributed by atoms with Crippen molar-refractivity contribution in [2.24, 2.45) is 0 Å². The molecule has 0 aromatic carbocycles. The SMILES string of the molecule is C=C(COC)C(=O)OCCC(F)(F)C(F)(F)C(F)(F)C(F)(F)C(F)(F)C(F)(F)C(F)(F)C(F)(F)C(F)(F)C(F)(F)F. The van der Waals surface area contributed by atoms with Gasteiger partial charge in [0.05, 0.1) is 25.2 Å². The highest BCUT2D eigenvalue weighted by atomic mass is 19.4. The number of halogens is 21. The van der Waals surface area contributed by atoms with Crippen molar-refractivity contribution in [1.29, 1.82) is 0 Å². The van der Waals surface area contributed by atoms with Gasteiger partial charge in [-0.05, 0) is 0 Å². The van der Waals surface area contributed by atoms with E-state index in [1.54, 1.807) is 0 Å². The first-order valence-electron chi connectivity index (χ1n) is 9.42. The third kappa shape index (κ3) is 5.59. The zero-order valence-electron chi connectivity index (χ0n) is 19.0. The Morgan fingerprint density at radius 3 is 1.12 bits per heavy atom. The molecule has 0 aliphatic rings. The summed E-state index contributed by atoms with van der Waals surface area (Å²) >= 11 is 0. The number of alkyl halides is 21. The van der Waals surface area contributed by atoms with Gasteiger partial charge in [0.15, 0.2) is 0 Å². The molecule has 0 unspecified atom stereocenters. The van der Waals surface area contributed by atoms with Gasteiger partial charge in [0, 0.05) is 7.11 Å². The van der Waals surface area contributed by atoms with Gasteiger partial charge in [-0.2, -0.15) is 92.2 Å². The zero-order valence-corrected chi connectivity index (χ0v) is 19.0. The van der Waals surface area contributed by atoms with Crippen molar-refractivity contribution in [3.8, 4) is 0 Å². The molecule has 0 amide bonds. The van der Waals surface area contributed by atoms with Gasteiger partial charge in [-0.3, -0.25) is 0 Å². The second-order valence-corrected chi connectivity index (χ2v) is 7.72. The molecular weight excluding hydrogens is 651 g/mol. The van der Waals surface area contributed by atoms with Crippen molar-refractivity contribution in [3.05, 3.63) is 12.2 Å². The van der Waals surface area contributed by atoms with Crippen LogP contribution in [0, 0.1) is 0 Å². The number of hydrogen-bond donors (Lipinski definition) is 0. The summed E-state index contributed by atoms with van der Waals surface area (Å²) in [4.78, 5) is 11.2.